The molecular weight excluding hydrogens is 328 g/mol. The third-order valence-corrected chi connectivity index (χ3v) is 4.03. The van der Waals surface area contributed by atoms with Gasteiger partial charge >= 0.3 is 5.97 Å². The maximum Gasteiger partial charge on any atom is 0.326 e. The lowest BCUT2D eigenvalue weighted by Crippen LogP contribution is -2.26. The number of nitrogens with zero attached hydrogens (tertiary/aromatic N) is 2. The van der Waals surface area contributed by atoms with E-state index >= 15 is 0 Å². The predicted molar refractivity (Wildman–Crippen MR) is 92.0 cm³/mol. The molecule has 1 atom stereocenters. The van der Waals surface area contributed by atoms with Gasteiger partial charge in [0.25, 0.3) is 5.56 Å². The molecule has 3 aromatic rings. The van der Waals surface area contributed by atoms with Gasteiger partial charge in [-0.2, -0.15) is 0 Å². The summed E-state index contributed by atoms with van der Waals surface area (Å²) in [6, 6.07) is 14.1. The van der Waals surface area contributed by atoms with Crippen LogP contribution >= 0.6 is 11.6 Å². The summed E-state index contributed by atoms with van der Waals surface area (Å²) in [5, 5.41) is 0.995. The Balaban J connectivity index is 1.77. The molecule has 0 radical (unpaired) electrons. The average Bonchev–Trinajstić information content (AvgIpc) is 2.58. The Hall–Kier alpha value is -2.66. The van der Waals surface area contributed by atoms with E-state index in [1.165, 1.54) is 10.9 Å². The number of hydrogen-bond acceptors (Lipinski definition) is 4. The monoisotopic (exact) mass is 342 g/mol. The average molecular weight is 343 g/mol. The standard InChI is InChI=1S/C18H15ClN2O3/c1-12(13-6-2-4-8-15(13)19)24-17(22)10-21-11-20-16-9-5-3-7-14(16)18(21)23/h2-9,11-12H,10H2,1H3/t12-/m1/s1. The Labute approximate surface area is 143 Å². The summed E-state index contributed by atoms with van der Waals surface area (Å²) in [4.78, 5) is 28.7. The Morgan fingerprint density at radius 1 is 1.21 bits per heavy atom. The van der Waals surface area contributed by atoms with Crippen molar-refractivity contribution in [2.45, 2.75) is 19.6 Å². The van der Waals surface area contributed by atoms with Crippen molar-refractivity contribution in [3.63, 3.8) is 0 Å². The van der Waals surface area contributed by atoms with E-state index in [-0.39, 0.29) is 12.1 Å². The van der Waals surface area contributed by atoms with Crippen molar-refractivity contribution in [2.75, 3.05) is 0 Å². The van der Waals surface area contributed by atoms with E-state index in [2.05, 4.69) is 4.98 Å². The van der Waals surface area contributed by atoms with Crippen molar-refractivity contribution in [3.8, 4) is 0 Å². The summed E-state index contributed by atoms with van der Waals surface area (Å²) in [5.74, 6) is -0.526. The molecule has 0 unspecified atom stereocenters. The van der Waals surface area contributed by atoms with Crippen molar-refractivity contribution in [3.05, 3.63) is 75.8 Å². The third kappa shape index (κ3) is 3.31. The zero-order valence-electron chi connectivity index (χ0n) is 13.0. The fraction of sp³-hybridized carbons (Fsp3) is 0.167. The molecule has 0 saturated carbocycles. The van der Waals surface area contributed by atoms with Crippen LogP contribution in [0.5, 0.6) is 0 Å². The summed E-state index contributed by atoms with van der Waals surface area (Å²) < 4.78 is 6.62. The molecule has 6 heteroatoms. The second-order valence-corrected chi connectivity index (χ2v) is 5.76. The molecule has 0 aliphatic heterocycles. The topological polar surface area (TPSA) is 61.2 Å². The minimum Gasteiger partial charge on any atom is -0.456 e. The molecule has 0 fully saturated rings. The van der Waals surface area contributed by atoms with Gasteiger partial charge < -0.3 is 4.74 Å². The molecule has 1 aromatic heterocycles. The number of carbonyl (C=O) groups is 1. The second-order valence-electron chi connectivity index (χ2n) is 5.35. The van der Waals surface area contributed by atoms with Crippen LogP contribution in [-0.4, -0.2) is 15.5 Å². The van der Waals surface area contributed by atoms with Crippen molar-refractivity contribution in [1.29, 1.82) is 0 Å². The first-order chi connectivity index (χ1) is 11.6. The summed E-state index contributed by atoms with van der Waals surface area (Å²) in [5.41, 5.74) is 1.04. The molecular formula is C18H15ClN2O3. The molecule has 3 rings (SSSR count). The summed E-state index contributed by atoms with van der Waals surface area (Å²) in [6.45, 7) is 1.53. The highest BCUT2D eigenvalue weighted by atomic mass is 35.5. The lowest BCUT2D eigenvalue weighted by molar-refractivity contribution is -0.149. The van der Waals surface area contributed by atoms with Crippen LogP contribution in [-0.2, 0) is 16.1 Å². The van der Waals surface area contributed by atoms with Crippen molar-refractivity contribution in [1.82, 2.24) is 9.55 Å². The number of fused-ring (bicyclic) bond motifs is 1. The highest BCUT2D eigenvalue weighted by molar-refractivity contribution is 6.31. The molecule has 24 heavy (non-hydrogen) atoms. The lowest BCUT2D eigenvalue weighted by Gasteiger charge is -2.15. The molecule has 0 spiro atoms. The Morgan fingerprint density at radius 3 is 2.71 bits per heavy atom. The number of aromatic nitrogens is 2. The van der Waals surface area contributed by atoms with Crippen LogP contribution in [0.3, 0.4) is 0 Å². The maximum atomic E-state index is 12.4. The molecule has 0 aliphatic rings. The van der Waals surface area contributed by atoms with Crippen molar-refractivity contribution in [2.24, 2.45) is 0 Å². The van der Waals surface area contributed by atoms with Gasteiger partial charge in [-0.3, -0.25) is 14.2 Å². The highest BCUT2D eigenvalue weighted by Gasteiger charge is 2.15. The Morgan fingerprint density at radius 2 is 1.92 bits per heavy atom. The number of para-hydroxylation sites is 1. The van der Waals surface area contributed by atoms with E-state index in [9.17, 15) is 9.59 Å². The zero-order valence-corrected chi connectivity index (χ0v) is 13.7. The van der Waals surface area contributed by atoms with Crippen molar-refractivity contribution >= 4 is 28.5 Å². The second kappa shape index (κ2) is 6.84. The number of carbonyl (C=O) groups excluding carboxylic acids is 1. The van der Waals surface area contributed by atoms with Gasteiger partial charge in [-0.1, -0.05) is 41.9 Å². The molecule has 0 amide bonds. The van der Waals surface area contributed by atoms with Gasteiger partial charge in [-0.15, -0.1) is 0 Å². The molecule has 2 aromatic carbocycles. The van der Waals surface area contributed by atoms with Crippen LogP contribution in [0.15, 0.2) is 59.7 Å². The van der Waals surface area contributed by atoms with Crippen molar-refractivity contribution < 1.29 is 9.53 Å². The minimum atomic E-state index is -0.526. The normalized spacial score (nSPS) is 12.1. The summed E-state index contributed by atoms with van der Waals surface area (Å²) in [7, 11) is 0. The van der Waals surface area contributed by atoms with Gasteiger partial charge in [-0.25, -0.2) is 4.98 Å². The van der Waals surface area contributed by atoms with Crippen LogP contribution < -0.4 is 5.56 Å². The number of hydrogen-bond donors (Lipinski definition) is 0. The summed E-state index contributed by atoms with van der Waals surface area (Å²) in [6.07, 6.45) is 0.849. The van der Waals surface area contributed by atoms with E-state index in [0.717, 1.165) is 5.56 Å². The molecule has 0 saturated heterocycles. The first-order valence-electron chi connectivity index (χ1n) is 7.44. The van der Waals surface area contributed by atoms with E-state index in [4.69, 9.17) is 16.3 Å². The predicted octanol–water partition coefficient (Wildman–Crippen LogP) is 3.35. The van der Waals surface area contributed by atoms with Crippen LogP contribution in [0.25, 0.3) is 10.9 Å². The number of halogens is 1. The zero-order chi connectivity index (χ0) is 17.1. The quantitative estimate of drug-likeness (QED) is 0.682. The largest absolute Gasteiger partial charge is 0.456 e. The van der Waals surface area contributed by atoms with Crippen LogP contribution in [0.4, 0.5) is 0 Å². The molecule has 1 heterocycles. The Bertz CT molecular complexity index is 952. The SMILES string of the molecule is C[C@@H](OC(=O)Cn1cnc2ccccc2c1=O)c1ccccc1Cl. The van der Waals surface area contributed by atoms with Crippen LogP contribution in [0, 0.1) is 0 Å². The van der Waals surface area contributed by atoms with E-state index in [1.807, 2.05) is 6.07 Å². The number of benzene rings is 2. The number of rotatable bonds is 4. The van der Waals surface area contributed by atoms with E-state index in [1.54, 1.807) is 49.4 Å². The fourth-order valence-electron chi connectivity index (χ4n) is 2.46. The highest BCUT2D eigenvalue weighted by Crippen LogP contribution is 2.25. The first kappa shape index (κ1) is 16.2. The summed E-state index contributed by atoms with van der Waals surface area (Å²) >= 11 is 6.10. The lowest BCUT2D eigenvalue weighted by atomic mass is 10.1. The minimum absolute atomic E-state index is 0.203. The van der Waals surface area contributed by atoms with Crippen LogP contribution in [0.1, 0.15) is 18.6 Å². The van der Waals surface area contributed by atoms with Gasteiger partial charge in [0.15, 0.2) is 0 Å². The molecule has 5 nitrogen and oxygen atoms in total. The third-order valence-electron chi connectivity index (χ3n) is 3.68. The maximum absolute atomic E-state index is 12.4. The van der Waals surface area contributed by atoms with Crippen LogP contribution in [0.2, 0.25) is 5.02 Å². The van der Waals surface area contributed by atoms with Gasteiger partial charge in [0, 0.05) is 10.6 Å². The molecule has 0 bridgehead atoms. The van der Waals surface area contributed by atoms with E-state index in [0.29, 0.717) is 15.9 Å². The number of ether oxygens (including phenoxy) is 1. The fourth-order valence-corrected chi connectivity index (χ4v) is 2.75. The first-order valence-corrected chi connectivity index (χ1v) is 7.82. The molecule has 122 valence electrons. The molecule has 0 aliphatic carbocycles. The smallest absolute Gasteiger partial charge is 0.326 e. The van der Waals surface area contributed by atoms with Gasteiger partial charge in [0.2, 0.25) is 0 Å². The van der Waals surface area contributed by atoms with Gasteiger partial charge in [0.1, 0.15) is 12.6 Å². The van der Waals surface area contributed by atoms with E-state index < -0.39 is 12.1 Å². The van der Waals surface area contributed by atoms with Gasteiger partial charge in [-0.05, 0) is 25.1 Å². The van der Waals surface area contributed by atoms with Gasteiger partial charge in [0.05, 0.1) is 17.2 Å². The number of esters is 1. The molecule has 0 N–H and O–H groups in total. The Kier molecular flexibility index (Phi) is 4.62.